The van der Waals surface area contributed by atoms with Gasteiger partial charge in [0.05, 0.1) is 0 Å². The van der Waals surface area contributed by atoms with Crippen LogP contribution in [0.2, 0.25) is 14.8 Å². The molecule has 0 aliphatic carbocycles. The molecular weight excluding hydrogens is 281 g/mol. The predicted molar refractivity (Wildman–Crippen MR) is 61.5 cm³/mol. The van der Waals surface area contributed by atoms with Crippen LogP contribution in [-0.4, -0.2) is 33.1 Å². The minimum absolute atomic E-state index is 1.11. The SMILES string of the molecule is Cn1n[c]([Sn]([CH3])([CH3])[CH3])c2ncccc21. The van der Waals surface area contributed by atoms with Crippen molar-refractivity contribution in [2.75, 3.05) is 0 Å². The Bertz CT molecular complexity index is 468. The number of aromatic nitrogens is 3. The average molecular weight is 296 g/mol. The van der Waals surface area contributed by atoms with Crippen molar-refractivity contribution in [2.45, 2.75) is 14.8 Å². The van der Waals surface area contributed by atoms with E-state index in [1.54, 1.807) is 0 Å². The molecule has 0 radical (unpaired) electrons. The van der Waals surface area contributed by atoms with Gasteiger partial charge in [-0.25, -0.2) is 0 Å². The molecule has 2 aromatic rings. The zero-order valence-corrected chi connectivity index (χ0v) is 11.9. The first-order valence-corrected chi connectivity index (χ1v) is 14.8. The molecule has 2 heterocycles. The molecule has 0 aromatic carbocycles. The van der Waals surface area contributed by atoms with E-state index in [1.807, 2.05) is 24.0 Å². The van der Waals surface area contributed by atoms with Crippen LogP contribution in [0.3, 0.4) is 0 Å². The van der Waals surface area contributed by atoms with Gasteiger partial charge in [0, 0.05) is 0 Å². The van der Waals surface area contributed by atoms with Crippen LogP contribution < -0.4 is 3.71 Å². The zero-order chi connectivity index (χ0) is 10.3. The third-order valence-electron chi connectivity index (χ3n) is 2.32. The molecule has 0 aliphatic rings. The van der Waals surface area contributed by atoms with Gasteiger partial charge in [0.15, 0.2) is 0 Å². The van der Waals surface area contributed by atoms with Gasteiger partial charge in [0.1, 0.15) is 0 Å². The van der Waals surface area contributed by atoms with Crippen LogP contribution in [0.25, 0.3) is 11.0 Å². The molecule has 0 N–H and O–H groups in total. The Morgan fingerprint density at radius 2 is 2.00 bits per heavy atom. The van der Waals surface area contributed by atoms with Crippen molar-refractivity contribution < 1.29 is 0 Å². The fraction of sp³-hybridized carbons (Fsp3) is 0.400. The summed E-state index contributed by atoms with van der Waals surface area (Å²) in [6, 6.07) is 4.04. The number of aryl methyl sites for hydroxylation is 1. The van der Waals surface area contributed by atoms with Crippen LogP contribution in [0, 0.1) is 0 Å². The van der Waals surface area contributed by atoms with E-state index < -0.39 is 18.4 Å². The second-order valence-electron chi connectivity index (χ2n) is 4.59. The number of hydrogen-bond acceptors (Lipinski definition) is 2. The normalized spacial score (nSPS) is 12.3. The standard InChI is InChI=1S/C7H6N3.3CH3.Sn/c1-10-7-3-2-4-8-6(7)5-9-10;;;;/h2-4H,1H3;3*1H3;. The van der Waals surface area contributed by atoms with Gasteiger partial charge in [-0.1, -0.05) is 0 Å². The summed E-state index contributed by atoms with van der Waals surface area (Å²) in [5.74, 6) is 0. The summed E-state index contributed by atoms with van der Waals surface area (Å²) in [5.41, 5.74) is 2.26. The summed E-state index contributed by atoms with van der Waals surface area (Å²) in [5, 5.41) is 4.61. The van der Waals surface area contributed by atoms with Crippen LogP contribution in [0.15, 0.2) is 18.3 Å². The first-order valence-electron chi connectivity index (χ1n) is 4.78. The molecule has 2 rings (SSSR count). The molecule has 4 heteroatoms. The Kier molecular flexibility index (Phi) is 2.29. The van der Waals surface area contributed by atoms with Crippen molar-refractivity contribution >= 4 is 33.1 Å². The van der Waals surface area contributed by atoms with E-state index in [-0.39, 0.29) is 0 Å². The molecule has 2 aromatic heterocycles. The Balaban J connectivity index is 2.80. The van der Waals surface area contributed by atoms with Gasteiger partial charge in [-0.3, -0.25) is 0 Å². The second kappa shape index (κ2) is 3.22. The fourth-order valence-electron chi connectivity index (χ4n) is 1.60. The number of fused-ring (bicyclic) bond motifs is 1. The molecule has 0 amide bonds. The van der Waals surface area contributed by atoms with Crippen molar-refractivity contribution in [3.05, 3.63) is 18.3 Å². The van der Waals surface area contributed by atoms with Crippen LogP contribution >= 0.6 is 0 Å². The summed E-state index contributed by atoms with van der Waals surface area (Å²) in [6.45, 7) is 0. The third-order valence-corrected chi connectivity index (χ3v) is 7.34. The van der Waals surface area contributed by atoms with Crippen LogP contribution in [-0.2, 0) is 7.05 Å². The third kappa shape index (κ3) is 1.53. The summed E-state index contributed by atoms with van der Waals surface area (Å²) in [6.07, 6.45) is 1.85. The van der Waals surface area contributed by atoms with Gasteiger partial charge in [0.2, 0.25) is 0 Å². The molecule has 3 nitrogen and oxygen atoms in total. The Hall–Kier alpha value is -0.581. The monoisotopic (exact) mass is 297 g/mol. The van der Waals surface area contributed by atoms with Gasteiger partial charge in [-0.15, -0.1) is 0 Å². The molecular formula is C10H15N3Sn. The Labute approximate surface area is 88.0 Å². The van der Waals surface area contributed by atoms with E-state index in [0.29, 0.717) is 0 Å². The summed E-state index contributed by atoms with van der Waals surface area (Å²) in [7, 11) is 1.99. The maximum absolute atomic E-state index is 4.61. The summed E-state index contributed by atoms with van der Waals surface area (Å²) >= 11 is -2.10. The molecule has 0 saturated carbocycles. The first kappa shape index (κ1) is 9.95. The van der Waals surface area contributed by atoms with Crippen molar-refractivity contribution in [1.29, 1.82) is 0 Å². The van der Waals surface area contributed by atoms with Crippen molar-refractivity contribution in [3.8, 4) is 0 Å². The van der Waals surface area contributed by atoms with E-state index in [9.17, 15) is 0 Å². The number of rotatable bonds is 1. The quantitative estimate of drug-likeness (QED) is 0.747. The minimum atomic E-state index is -2.10. The zero-order valence-electron chi connectivity index (χ0n) is 9.07. The Morgan fingerprint density at radius 3 is 2.64 bits per heavy atom. The van der Waals surface area contributed by atoms with Gasteiger partial charge in [-0.05, 0) is 0 Å². The van der Waals surface area contributed by atoms with E-state index in [1.165, 1.54) is 3.71 Å². The van der Waals surface area contributed by atoms with Crippen LogP contribution in [0.1, 0.15) is 0 Å². The Morgan fingerprint density at radius 1 is 1.29 bits per heavy atom. The molecule has 74 valence electrons. The van der Waals surface area contributed by atoms with Gasteiger partial charge < -0.3 is 0 Å². The predicted octanol–water partition coefficient (Wildman–Crippen LogP) is 1.51. The summed E-state index contributed by atoms with van der Waals surface area (Å²) in [4.78, 5) is 11.5. The molecule has 0 bridgehead atoms. The van der Waals surface area contributed by atoms with E-state index in [0.717, 1.165) is 11.0 Å². The first-order chi connectivity index (χ1) is 6.50. The van der Waals surface area contributed by atoms with Crippen LogP contribution in [0.5, 0.6) is 0 Å². The molecule has 0 aliphatic heterocycles. The molecule has 14 heavy (non-hydrogen) atoms. The average Bonchev–Trinajstić information content (AvgIpc) is 2.44. The molecule has 0 saturated heterocycles. The summed E-state index contributed by atoms with van der Waals surface area (Å²) < 4.78 is 3.22. The molecule has 0 fully saturated rings. The number of hydrogen-bond donors (Lipinski definition) is 0. The molecule has 0 spiro atoms. The number of pyridine rings is 1. The molecule has 0 unspecified atom stereocenters. The van der Waals surface area contributed by atoms with E-state index in [2.05, 4.69) is 31.0 Å². The number of nitrogens with zero attached hydrogens (tertiary/aromatic N) is 3. The van der Waals surface area contributed by atoms with Crippen LogP contribution in [0.4, 0.5) is 0 Å². The fourth-order valence-corrected chi connectivity index (χ4v) is 5.46. The van der Waals surface area contributed by atoms with Crippen molar-refractivity contribution in [3.63, 3.8) is 0 Å². The van der Waals surface area contributed by atoms with Gasteiger partial charge in [-0.2, -0.15) is 0 Å². The second-order valence-corrected chi connectivity index (χ2v) is 18.8. The van der Waals surface area contributed by atoms with Gasteiger partial charge >= 0.3 is 88.1 Å². The van der Waals surface area contributed by atoms with Crippen molar-refractivity contribution in [1.82, 2.24) is 14.8 Å². The molecule has 0 atom stereocenters. The van der Waals surface area contributed by atoms with E-state index in [4.69, 9.17) is 0 Å². The topological polar surface area (TPSA) is 30.7 Å². The maximum atomic E-state index is 4.61. The van der Waals surface area contributed by atoms with Gasteiger partial charge in [0.25, 0.3) is 0 Å². The van der Waals surface area contributed by atoms with Crippen molar-refractivity contribution in [2.24, 2.45) is 7.05 Å². The van der Waals surface area contributed by atoms with E-state index >= 15 is 0 Å².